The van der Waals surface area contributed by atoms with Gasteiger partial charge in [-0.05, 0) is 38.6 Å². The van der Waals surface area contributed by atoms with Crippen molar-refractivity contribution in [1.29, 1.82) is 0 Å². The Morgan fingerprint density at radius 1 is 1.40 bits per heavy atom. The van der Waals surface area contributed by atoms with Crippen LogP contribution in [0.25, 0.3) is 0 Å². The number of piperidine rings is 1. The molecular formula is C11H19NO3. The Labute approximate surface area is 90.0 Å². The Balaban J connectivity index is 2.12. The molecule has 0 radical (unpaired) electrons. The van der Waals surface area contributed by atoms with E-state index in [0.29, 0.717) is 6.61 Å². The Morgan fingerprint density at radius 2 is 2.27 bits per heavy atom. The fourth-order valence-electron chi connectivity index (χ4n) is 2.76. The van der Waals surface area contributed by atoms with E-state index in [0.717, 1.165) is 45.3 Å². The third-order valence-electron chi connectivity index (χ3n) is 3.68. The molecule has 0 aromatic heterocycles. The average Bonchev–Trinajstić information content (AvgIpc) is 2.31. The molecule has 0 amide bonds. The largest absolute Gasteiger partial charge is 0.480 e. The molecule has 2 aliphatic heterocycles. The van der Waals surface area contributed by atoms with Crippen molar-refractivity contribution in [3.8, 4) is 0 Å². The number of ether oxygens (including phenoxy) is 1. The smallest absolute Gasteiger partial charge is 0.324 e. The Bertz CT molecular complexity index is 230. The SMILES string of the molecule is O=C(O)C1(C2CCCOC2)CCCCN1. The van der Waals surface area contributed by atoms with Gasteiger partial charge < -0.3 is 15.2 Å². The molecule has 15 heavy (non-hydrogen) atoms. The van der Waals surface area contributed by atoms with E-state index in [-0.39, 0.29) is 5.92 Å². The summed E-state index contributed by atoms with van der Waals surface area (Å²) in [7, 11) is 0. The van der Waals surface area contributed by atoms with Crippen molar-refractivity contribution >= 4 is 5.97 Å². The summed E-state index contributed by atoms with van der Waals surface area (Å²) in [4.78, 5) is 11.5. The van der Waals surface area contributed by atoms with Crippen LogP contribution in [0, 0.1) is 5.92 Å². The summed E-state index contributed by atoms with van der Waals surface area (Å²) in [5, 5.41) is 12.6. The maximum Gasteiger partial charge on any atom is 0.324 e. The number of carboxylic acids is 1. The number of nitrogens with one attached hydrogen (secondary N) is 1. The third kappa shape index (κ3) is 2.01. The molecule has 2 N–H and O–H groups in total. The lowest BCUT2D eigenvalue weighted by Crippen LogP contribution is -2.61. The molecule has 0 bridgehead atoms. The molecule has 2 saturated heterocycles. The maximum absolute atomic E-state index is 11.5. The van der Waals surface area contributed by atoms with E-state index in [9.17, 15) is 9.90 Å². The molecule has 86 valence electrons. The van der Waals surface area contributed by atoms with E-state index >= 15 is 0 Å². The molecule has 2 aliphatic rings. The second-order valence-corrected chi connectivity index (χ2v) is 4.57. The molecule has 0 spiro atoms. The van der Waals surface area contributed by atoms with E-state index in [1.165, 1.54) is 0 Å². The van der Waals surface area contributed by atoms with Gasteiger partial charge in [0.15, 0.2) is 0 Å². The summed E-state index contributed by atoms with van der Waals surface area (Å²) < 4.78 is 5.41. The van der Waals surface area contributed by atoms with Crippen LogP contribution in [-0.4, -0.2) is 36.4 Å². The van der Waals surface area contributed by atoms with Crippen LogP contribution in [0.3, 0.4) is 0 Å². The minimum absolute atomic E-state index is 0.143. The van der Waals surface area contributed by atoms with Crippen molar-refractivity contribution in [2.24, 2.45) is 5.92 Å². The minimum atomic E-state index is -0.710. The number of carbonyl (C=O) groups is 1. The molecule has 4 heteroatoms. The van der Waals surface area contributed by atoms with Gasteiger partial charge in [0.25, 0.3) is 0 Å². The van der Waals surface area contributed by atoms with Crippen LogP contribution in [0.1, 0.15) is 32.1 Å². The number of rotatable bonds is 2. The molecule has 2 rings (SSSR count). The quantitative estimate of drug-likeness (QED) is 0.718. The Hall–Kier alpha value is -0.610. The summed E-state index contributed by atoms with van der Waals surface area (Å²) in [5.41, 5.74) is -0.710. The predicted molar refractivity (Wildman–Crippen MR) is 55.8 cm³/mol. The van der Waals surface area contributed by atoms with E-state index in [2.05, 4.69) is 5.32 Å². The number of hydrogen-bond donors (Lipinski definition) is 2. The van der Waals surface area contributed by atoms with Gasteiger partial charge in [0, 0.05) is 12.5 Å². The molecule has 4 nitrogen and oxygen atoms in total. The highest BCUT2D eigenvalue weighted by atomic mass is 16.5. The molecule has 2 heterocycles. The Morgan fingerprint density at radius 3 is 2.80 bits per heavy atom. The van der Waals surface area contributed by atoms with Crippen LogP contribution >= 0.6 is 0 Å². The molecule has 2 unspecified atom stereocenters. The molecule has 2 fully saturated rings. The highest BCUT2D eigenvalue weighted by molar-refractivity contribution is 5.79. The standard InChI is InChI=1S/C11H19NO3/c13-10(14)11(5-1-2-6-12-11)9-4-3-7-15-8-9/h9,12H,1-8H2,(H,13,14). The lowest BCUT2D eigenvalue weighted by atomic mass is 9.75. The number of aliphatic carboxylic acids is 1. The zero-order valence-electron chi connectivity index (χ0n) is 9.00. The second kappa shape index (κ2) is 4.49. The topological polar surface area (TPSA) is 58.6 Å². The van der Waals surface area contributed by atoms with Crippen LogP contribution in [0.5, 0.6) is 0 Å². The zero-order chi connectivity index (χ0) is 10.7. The first-order valence-electron chi connectivity index (χ1n) is 5.82. The van der Waals surface area contributed by atoms with Crippen LogP contribution in [0.15, 0.2) is 0 Å². The van der Waals surface area contributed by atoms with Crippen molar-refractivity contribution in [1.82, 2.24) is 5.32 Å². The normalized spacial score (nSPS) is 37.5. The molecular weight excluding hydrogens is 194 g/mol. The first-order chi connectivity index (χ1) is 7.26. The molecule has 0 saturated carbocycles. The van der Waals surface area contributed by atoms with Gasteiger partial charge in [0.2, 0.25) is 0 Å². The molecule has 0 aromatic carbocycles. The van der Waals surface area contributed by atoms with Gasteiger partial charge in [-0.1, -0.05) is 0 Å². The highest BCUT2D eigenvalue weighted by Gasteiger charge is 2.46. The number of hydrogen-bond acceptors (Lipinski definition) is 3. The van der Waals surface area contributed by atoms with Crippen molar-refractivity contribution < 1.29 is 14.6 Å². The summed E-state index contributed by atoms with van der Waals surface area (Å²) in [6, 6.07) is 0. The third-order valence-corrected chi connectivity index (χ3v) is 3.68. The average molecular weight is 213 g/mol. The van der Waals surface area contributed by atoms with Crippen molar-refractivity contribution in [3.05, 3.63) is 0 Å². The van der Waals surface area contributed by atoms with Gasteiger partial charge in [-0.15, -0.1) is 0 Å². The van der Waals surface area contributed by atoms with Crippen LogP contribution in [-0.2, 0) is 9.53 Å². The summed E-state index contributed by atoms with van der Waals surface area (Å²) in [6.45, 7) is 2.20. The highest BCUT2D eigenvalue weighted by Crippen LogP contribution is 2.33. The second-order valence-electron chi connectivity index (χ2n) is 4.57. The van der Waals surface area contributed by atoms with Gasteiger partial charge in [-0.3, -0.25) is 4.79 Å². The number of carboxylic acid groups (broad SMARTS) is 1. The fraction of sp³-hybridized carbons (Fsp3) is 0.909. The van der Waals surface area contributed by atoms with Crippen LogP contribution < -0.4 is 5.32 Å². The summed E-state index contributed by atoms with van der Waals surface area (Å²) in [5.74, 6) is -0.554. The molecule has 0 aromatic rings. The van der Waals surface area contributed by atoms with Gasteiger partial charge in [-0.2, -0.15) is 0 Å². The lowest BCUT2D eigenvalue weighted by molar-refractivity contribution is -0.152. The van der Waals surface area contributed by atoms with Gasteiger partial charge in [0.1, 0.15) is 5.54 Å². The van der Waals surface area contributed by atoms with E-state index in [1.807, 2.05) is 0 Å². The first-order valence-corrected chi connectivity index (χ1v) is 5.82. The fourth-order valence-corrected chi connectivity index (χ4v) is 2.76. The van der Waals surface area contributed by atoms with Crippen LogP contribution in [0.2, 0.25) is 0 Å². The summed E-state index contributed by atoms with van der Waals surface area (Å²) in [6.07, 6.45) is 4.80. The molecule has 0 aliphatic carbocycles. The van der Waals surface area contributed by atoms with E-state index < -0.39 is 11.5 Å². The van der Waals surface area contributed by atoms with Gasteiger partial charge in [0.05, 0.1) is 6.61 Å². The van der Waals surface area contributed by atoms with Crippen molar-refractivity contribution in [3.63, 3.8) is 0 Å². The molecule has 2 atom stereocenters. The predicted octanol–water partition coefficient (Wildman–Crippen LogP) is 1.01. The minimum Gasteiger partial charge on any atom is -0.480 e. The first kappa shape index (κ1) is 10.9. The van der Waals surface area contributed by atoms with E-state index in [1.54, 1.807) is 0 Å². The van der Waals surface area contributed by atoms with Crippen LogP contribution in [0.4, 0.5) is 0 Å². The van der Waals surface area contributed by atoms with Gasteiger partial charge >= 0.3 is 5.97 Å². The van der Waals surface area contributed by atoms with E-state index in [4.69, 9.17) is 4.74 Å². The maximum atomic E-state index is 11.5. The Kier molecular flexibility index (Phi) is 3.26. The lowest BCUT2D eigenvalue weighted by Gasteiger charge is -2.42. The summed E-state index contributed by atoms with van der Waals surface area (Å²) >= 11 is 0. The monoisotopic (exact) mass is 213 g/mol. The zero-order valence-corrected chi connectivity index (χ0v) is 9.00. The van der Waals surface area contributed by atoms with Gasteiger partial charge in [-0.25, -0.2) is 0 Å². The van der Waals surface area contributed by atoms with Crippen molar-refractivity contribution in [2.75, 3.05) is 19.8 Å². The van der Waals surface area contributed by atoms with Crippen molar-refractivity contribution in [2.45, 2.75) is 37.6 Å².